The lowest BCUT2D eigenvalue weighted by atomic mass is 10.1. The second-order valence-electron chi connectivity index (χ2n) is 5.78. The second kappa shape index (κ2) is 6.45. The number of rotatable bonds is 4. The third-order valence-electron chi connectivity index (χ3n) is 3.89. The molecule has 0 atom stereocenters. The molecule has 2 heterocycles. The number of benzene rings is 2. The SMILES string of the molecule is Oc1ccc(F)cc1-c1cc(Nc2cc(-c3cc(F)ccc3O)n[nH]2)[nH]n1. The van der Waals surface area contributed by atoms with Crippen LogP contribution in [0.4, 0.5) is 20.4 Å². The highest BCUT2D eigenvalue weighted by Gasteiger charge is 2.13. The van der Waals surface area contributed by atoms with Crippen LogP contribution < -0.4 is 5.32 Å². The van der Waals surface area contributed by atoms with Gasteiger partial charge in [0.05, 0.1) is 11.4 Å². The molecule has 0 aliphatic carbocycles. The Morgan fingerprint density at radius 3 is 1.59 bits per heavy atom. The summed E-state index contributed by atoms with van der Waals surface area (Å²) in [5.41, 5.74) is 1.18. The molecule has 0 aliphatic heterocycles. The van der Waals surface area contributed by atoms with Crippen LogP contribution in [0.3, 0.4) is 0 Å². The number of phenols is 2. The van der Waals surface area contributed by atoms with Gasteiger partial charge in [0.1, 0.15) is 34.8 Å². The van der Waals surface area contributed by atoms with Gasteiger partial charge < -0.3 is 15.5 Å². The average Bonchev–Trinajstić information content (AvgIpc) is 3.29. The van der Waals surface area contributed by atoms with E-state index in [2.05, 4.69) is 25.7 Å². The zero-order valence-electron chi connectivity index (χ0n) is 13.7. The molecule has 7 nitrogen and oxygen atoms in total. The number of aromatic amines is 2. The molecule has 9 heteroatoms. The molecule has 4 rings (SSSR count). The molecule has 0 radical (unpaired) electrons. The summed E-state index contributed by atoms with van der Waals surface area (Å²) in [6.07, 6.45) is 0. The molecule has 0 saturated carbocycles. The fourth-order valence-electron chi connectivity index (χ4n) is 2.62. The summed E-state index contributed by atoms with van der Waals surface area (Å²) >= 11 is 0. The zero-order chi connectivity index (χ0) is 19.0. The van der Waals surface area contributed by atoms with Gasteiger partial charge in [0.15, 0.2) is 0 Å². The van der Waals surface area contributed by atoms with Crippen molar-refractivity contribution in [3.8, 4) is 34.0 Å². The maximum atomic E-state index is 13.4. The molecule has 136 valence electrons. The van der Waals surface area contributed by atoms with Crippen molar-refractivity contribution < 1.29 is 19.0 Å². The minimum atomic E-state index is -0.492. The van der Waals surface area contributed by atoms with Crippen molar-refractivity contribution in [1.82, 2.24) is 20.4 Å². The van der Waals surface area contributed by atoms with Gasteiger partial charge in [0.25, 0.3) is 0 Å². The van der Waals surface area contributed by atoms with Gasteiger partial charge in [-0.25, -0.2) is 8.78 Å². The summed E-state index contributed by atoms with van der Waals surface area (Å²) in [4.78, 5) is 0. The Kier molecular flexibility index (Phi) is 3.96. The van der Waals surface area contributed by atoms with Crippen molar-refractivity contribution in [2.45, 2.75) is 0 Å². The average molecular weight is 369 g/mol. The smallest absolute Gasteiger partial charge is 0.127 e. The summed E-state index contributed by atoms with van der Waals surface area (Å²) in [6, 6.07) is 10.3. The molecule has 0 saturated heterocycles. The number of aromatic nitrogens is 4. The minimum absolute atomic E-state index is 0.0974. The van der Waals surface area contributed by atoms with Crippen LogP contribution in [0.1, 0.15) is 0 Å². The third kappa shape index (κ3) is 3.30. The van der Waals surface area contributed by atoms with Crippen LogP contribution in [-0.2, 0) is 0 Å². The second-order valence-corrected chi connectivity index (χ2v) is 5.78. The first kappa shape index (κ1) is 16.6. The molecule has 0 bridgehead atoms. The molecule has 4 aromatic rings. The van der Waals surface area contributed by atoms with Crippen LogP contribution in [0.5, 0.6) is 11.5 Å². The monoisotopic (exact) mass is 369 g/mol. The van der Waals surface area contributed by atoms with Gasteiger partial charge in [-0.05, 0) is 36.4 Å². The molecule has 27 heavy (non-hydrogen) atoms. The number of anilines is 2. The van der Waals surface area contributed by atoms with E-state index in [1.54, 1.807) is 12.1 Å². The summed E-state index contributed by atoms with van der Waals surface area (Å²) in [7, 11) is 0. The first-order chi connectivity index (χ1) is 13.0. The van der Waals surface area contributed by atoms with Gasteiger partial charge in [0.2, 0.25) is 0 Å². The molecule has 0 spiro atoms. The molecule has 0 fully saturated rings. The predicted molar refractivity (Wildman–Crippen MR) is 94.6 cm³/mol. The predicted octanol–water partition coefficient (Wildman–Crippen LogP) is 3.90. The maximum absolute atomic E-state index is 13.4. The van der Waals surface area contributed by atoms with Crippen LogP contribution in [0, 0.1) is 11.6 Å². The van der Waals surface area contributed by atoms with Crippen LogP contribution in [0.2, 0.25) is 0 Å². The Balaban J connectivity index is 1.58. The largest absolute Gasteiger partial charge is 0.507 e. The molecule has 2 aromatic carbocycles. The van der Waals surface area contributed by atoms with Gasteiger partial charge in [0, 0.05) is 23.3 Å². The van der Waals surface area contributed by atoms with Crippen LogP contribution in [0.25, 0.3) is 22.5 Å². The van der Waals surface area contributed by atoms with Crippen molar-refractivity contribution in [3.63, 3.8) is 0 Å². The highest BCUT2D eigenvalue weighted by atomic mass is 19.1. The number of halogens is 2. The van der Waals surface area contributed by atoms with E-state index in [0.29, 0.717) is 23.0 Å². The van der Waals surface area contributed by atoms with Crippen LogP contribution >= 0.6 is 0 Å². The zero-order valence-corrected chi connectivity index (χ0v) is 13.7. The van der Waals surface area contributed by atoms with Crippen molar-refractivity contribution in [3.05, 3.63) is 60.2 Å². The van der Waals surface area contributed by atoms with E-state index in [0.717, 1.165) is 12.1 Å². The van der Waals surface area contributed by atoms with Gasteiger partial charge in [-0.2, -0.15) is 10.2 Å². The quantitative estimate of drug-likeness (QED) is 0.375. The van der Waals surface area contributed by atoms with E-state index >= 15 is 0 Å². The number of nitrogens with one attached hydrogen (secondary N) is 3. The topological polar surface area (TPSA) is 110 Å². The molecule has 5 N–H and O–H groups in total. The number of H-pyrrole nitrogens is 2. The van der Waals surface area contributed by atoms with E-state index in [-0.39, 0.29) is 22.6 Å². The lowest BCUT2D eigenvalue weighted by Crippen LogP contribution is -1.90. The fraction of sp³-hybridized carbons (Fsp3) is 0. The maximum Gasteiger partial charge on any atom is 0.127 e. The lowest BCUT2D eigenvalue weighted by Gasteiger charge is -2.00. The van der Waals surface area contributed by atoms with E-state index < -0.39 is 11.6 Å². The number of phenolic OH excluding ortho intramolecular Hbond substituents is 2. The summed E-state index contributed by atoms with van der Waals surface area (Å²) < 4.78 is 26.8. The van der Waals surface area contributed by atoms with Crippen LogP contribution in [0.15, 0.2) is 48.5 Å². The fourth-order valence-corrected chi connectivity index (χ4v) is 2.62. The summed E-state index contributed by atoms with van der Waals surface area (Å²) in [6.45, 7) is 0. The van der Waals surface area contributed by atoms with Crippen molar-refractivity contribution in [2.75, 3.05) is 5.32 Å². The number of nitrogens with zero attached hydrogens (tertiary/aromatic N) is 2. The Morgan fingerprint density at radius 2 is 1.15 bits per heavy atom. The molecule has 0 amide bonds. The number of aromatic hydroxyl groups is 2. The Hall–Kier alpha value is -3.88. The van der Waals surface area contributed by atoms with Crippen molar-refractivity contribution >= 4 is 11.6 Å². The van der Waals surface area contributed by atoms with Gasteiger partial charge in [-0.15, -0.1) is 0 Å². The van der Waals surface area contributed by atoms with Crippen LogP contribution in [-0.4, -0.2) is 30.6 Å². The lowest BCUT2D eigenvalue weighted by molar-refractivity contribution is 0.474. The summed E-state index contributed by atoms with van der Waals surface area (Å²) in [5, 5.41) is 36.2. The van der Waals surface area contributed by atoms with Crippen molar-refractivity contribution in [1.29, 1.82) is 0 Å². The van der Waals surface area contributed by atoms with E-state index in [1.807, 2.05) is 0 Å². The molecule has 0 unspecified atom stereocenters. The van der Waals surface area contributed by atoms with Crippen molar-refractivity contribution in [2.24, 2.45) is 0 Å². The molecular formula is C18H13F2N5O2. The molecule has 0 aliphatic rings. The first-order valence-corrected chi connectivity index (χ1v) is 7.85. The Morgan fingerprint density at radius 1 is 0.704 bits per heavy atom. The minimum Gasteiger partial charge on any atom is -0.507 e. The van der Waals surface area contributed by atoms with Gasteiger partial charge in [-0.3, -0.25) is 10.2 Å². The Labute approximate surface area is 151 Å². The standard InChI is InChI=1S/C18H13F2N5O2/c19-9-1-3-15(26)11(5-9)13-7-17(24-22-13)21-18-8-14(23-25-18)12-6-10(20)2-4-16(12)27/h1-8,26-27H,(H3,21,22,23,24,25). The third-order valence-corrected chi connectivity index (χ3v) is 3.89. The molecular weight excluding hydrogens is 356 g/mol. The van der Waals surface area contributed by atoms with E-state index in [9.17, 15) is 19.0 Å². The summed E-state index contributed by atoms with van der Waals surface area (Å²) in [5.74, 6) is -0.277. The first-order valence-electron chi connectivity index (χ1n) is 7.85. The normalized spacial score (nSPS) is 10.9. The highest BCUT2D eigenvalue weighted by Crippen LogP contribution is 2.32. The Bertz CT molecular complexity index is 1030. The highest BCUT2D eigenvalue weighted by molar-refractivity contribution is 5.72. The van der Waals surface area contributed by atoms with E-state index in [1.165, 1.54) is 24.3 Å². The van der Waals surface area contributed by atoms with Gasteiger partial charge >= 0.3 is 0 Å². The molecule has 2 aromatic heterocycles. The van der Waals surface area contributed by atoms with Gasteiger partial charge in [-0.1, -0.05) is 0 Å². The number of hydrogen-bond acceptors (Lipinski definition) is 5. The number of hydrogen-bond donors (Lipinski definition) is 5. The van der Waals surface area contributed by atoms with E-state index in [4.69, 9.17) is 0 Å².